The van der Waals surface area contributed by atoms with Gasteiger partial charge in [-0.1, -0.05) is 23.9 Å². The van der Waals surface area contributed by atoms with Crippen molar-refractivity contribution in [3.8, 4) is 5.75 Å². The Hall–Kier alpha value is -2.88. The third kappa shape index (κ3) is 4.45. The van der Waals surface area contributed by atoms with Crippen LogP contribution in [0.3, 0.4) is 0 Å². The average molecular weight is 388 g/mol. The number of hydrogen-bond donors (Lipinski definition) is 0. The maximum Gasteiger partial charge on any atom is 0.307 e. The lowest BCUT2D eigenvalue weighted by Crippen LogP contribution is -2.12. The van der Waals surface area contributed by atoms with E-state index < -0.39 is 4.92 Å². The first-order valence-electron chi connectivity index (χ1n) is 8.44. The van der Waals surface area contributed by atoms with Gasteiger partial charge in [0.25, 0.3) is 0 Å². The zero-order valence-corrected chi connectivity index (χ0v) is 16.1. The molecule has 0 N–H and O–H groups in total. The molecule has 0 saturated carbocycles. The molecule has 0 saturated heterocycles. The molecule has 3 rings (SSSR count). The largest absolute Gasteiger partial charge is 0.483 e. The van der Waals surface area contributed by atoms with Gasteiger partial charge >= 0.3 is 5.69 Å². The van der Waals surface area contributed by atoms with Crippen LogP contribution in [-0.4, -0.2) is 29.5 Å². The number of thioether (sulfide) groups is 1. The molecule has 2 heterocycles. The second-order valence-corrected chi connectivity index (χ2v) is 6.84. The quantitative estimate of drug-likeness (QED) is 0.330. The lowest BCUT2D eigenvalue weighted by molar-refractivity contribution is -0.385. The van der Waals surface area contributed by atoms with Crippen molar-refractivity contribution in [3.05, 3.63) is 58.2 Å². The molecular weight excluding hydrogens is 368 g/mol. The van der Waals surface area contributed by atoms with Crippen molar-refractivity contribution in [3.63, 3.8) is 0 Å². The minimum Gasteiger partial charge on any atom is -0.483 e. The van der Waals surface area contributed by atoms with E-state index >= 15 is 0 Å². The lowest BCUT2D eigenvalue weighted by Gasteiger charge is -2.16. The minimum atomic E-state index is -0.467. The molecule has 0 fully saturated rings. The van der Waals surface area contributed by atoms with Crippen LogP contribution in [-0.2, 0) is 12.4 Å². The van der Waals surface area contributed by atoms with E-state index in [1.54, 1.807) is 0 Å². The minimum absolute atomic E-state index is 0.0339. The molecule has 3 aromatic rings. The Kier molecular flexibility index (Phi) is 5.75. The van der Waals surface area contributed by atoms with Crippen molar-refractivity contribution in [1.29, 1.82) is 0 Å². The van der Waals surface area contributed by atoms with Gasteiger partial charge < -0.3 is 9.30 Å². The number of rotatable bonds is 8. The molecule has 1 aromatic carbocycles. The fraction of sp³-hybridized carbons (Fsp3) is 0.353. The molecule has 142 valence electrons. The van der Waals surface area contributed by atoms with Gasteiger partial charge in [0.15, 0.2) is 17.1 Å². The Bertz CT molecular complexity index is 938. The van der Waals surface area contributed by atoms with Gasteiger partial charge in [0.1, 0.15) is 18.1 Å². The molecule has 1 unspecified atom stereocenters. The van der Waals surface area contributed by atoms with Crippen LogP contribution in [0, 0.1) is 17.0 Å². The van der Waals surface area contributed by atoms with E-state index in [9.17, 15) is 10.1 Å². The highest BCUT2D eigenvalue weighted by molar-refractivity contribution is 7.98. The van der Waals surface area contributed by atoms with Gasteiger partial charge in [0.2, 0.25) is 0 Å². The summed E-state index contributed by atoms with van der Waals surface area (Å²) in [6.07, 6.45) is 2.36. The first-order valence-corrected chi connectivity index (χ1v) is 9.42. The summed E-state index contributed by atoms with van der Waals surface area (Å²) in [5.41, 5.74) is 1.09. The zero-order valence-electron chi connectivity index (χ0n) is 15.3. The molecule has 2 aromatic heterocycles. The van der Waals surface area contributed by atoms with E-state index in [1.807, 2.05) is 49.6 Å². The van der Waals surface area contributed by atoms with Gasteiger partial charge in [-0.3, -0.25) is 14.8 Å². The summed E-state index contributed by atoms with van der Waals surface area (Å²) in [6.45, 7) is 6.64. The molecule has 0 spiro atoms. The van der Waals surface area contributed by atoms with Gasteiger partial charge in [-0.15, -0.1) is 10.2 Å². The predicted octanol–water partition coefficient (Wildman–Crippen LogP) is 3.60. The SMILES string of the molecule is CCn1c(SCn2cc([N+](=O)[O-])cn2)nnc1C(C)Oc1cccc(C)c1. The monoisotopic (exact) mass is 388 g/mol. The molecular formula is C17H20N6O3S. The highest BCUT2D eigenvalue weighted by Crippen LogP contribution is 2.26. The Morgan fingerprint density at radius 1 is 1.37 bits per heavy atom. The van der Waals surface area contributed by atoms with E-state index in [4.69, 9.17) is 4.74 Å². The van der Waals surface area contributed by atoms with Crippen LogP contribution < -0.4 is 4.74 Å². The number of aromatic nitrogens is 5. The maximum absolute atomic E-state index is 10.7. The topological polar surface area (TPSA) is 101 Å². The summed E-state index contributed by atoms with van der Waals surface area (Å²) >= 11 is 1.41. The highest BCUT2D eigenvalue weighted by Gasteiger charge is 2.19. The summed E-state index contributed by atoms with van der Waals surface area (Å²) in [5, 5.41) is 24.0. The Morgan fingerprint density at radius 2 is 2.19 bits per heavy atom. The third-order valence-electron chi connectivity index (χ3n) is 3.88. The second-order valence-electron chi connectivity index (χ2n) is 5.93. The lowest BCUT2D eigenvalue weighted by atomic mass is 10.2. The van der Waals surface area contributed by atoms with Crippen LogP contribution in [0.2, 0.25) is 0 Å². The van der Waals surface area contributed by atoms with Crippen molar-refractivity contribution < 1.29 is 9.66 Å². The van der Waals surface area contributed by atoms with Crippen LogP contribution in [0.1, 0.15) is 31.3 Å². The van der Waals surface area contributed by atoms with Gasteiger partial charge in [0, 0.05) is 6.54 Å². The summed E-state index contributed by atoms with van der Waals surface area (Å²) < 4.78 is 9.48. The fourth-order valence-electron chi connectivity index (χ4n) is 2.59. The molecule has 0 aliphatic rings. The molecule has 10 heteroatoms. The Balaban J connectivity index is 1.70. The molecule has 0 bridgehead atoms. The number of nitro groups is 1. The van der Waals surface area contributed by atoms with Gasteiger partial charge in [-0.25, -0.2) is 0 Å². The smallest absolute Gasteiger partial charge is 0.307 e. The second kappa shape index (κ2) is 8.21. The molecule has 0 aliphatic carbocycles. The number of hydrogen-bond acceptors (Lipinski definition) is 7. The van der Waals surface area contributed by atoms with E-state index in [2.05, 4.69) is 15.3 Å². The van der Waals surface area contributed by atoms with E-state index in [0.717, 1.165) is 17.1 Å². The third-order valence-corrected chi connectivity index (χ3v) is 4.84. The van der Waals surface area contributed by atoms with Crippen LogP contribution in [0.5, 0.6) is 5.75 Å². The first-order chi connectivity index (χ1) is 13.0. The molecule has 0 amide bonds. The van der Waals surface area contributed by atoms with Crippen LogP contribution in [0.4, 0.5) is 5.69 Å². The summed E-state index contributed by atoms with van der Waals surface area (Å²) in [4.78, 5) is 10.3. The Labute approximate surface area is 160 Å². The maximum atomic E-state index is 10.7. The summed E-state index contributed by atoms with van der Waals surface area (Å²) in [5.74, 6) is 1.91. The van der Waals surface area contributed by atoms with Crippen molar-refractivity contribution in [2.75, 3.05) is 0 Å². The molecule has 9 nitrogen and oxygen atoms in total. The van der Waals surface area contributed by atoms with Crippen LogP contribution in [0.15, 0.2) is 41.8 Å². The average Bonchev–Trinajstić information content (AvgIpc) is 3.26. The number of aryl methyl sites for hydroxylation is 1. The van der Waals surface area contributed by atoms with E-state index in [-0.39, 0.29) is 11.8 Å². The predicted molar refractivity (Wildman–Crippen MR) is 101 cm³/mol. The van der Waals surface area contributed by atoms with Crippen molar-refractivity contribution >= 4 is 17.4 Å². The van der Waals surface area contributed by atoms with E-state index in [0.29, 0.717) is 17.6 Å². The zero-order chi connectivity index (χ0) is 19.4. The standard InChI is InChI=1S/C17H20N6O3S/c1-4-22-16(13(3)26-15-7-5-6-12(2)8-15)19-20-17(22)27-11-21-10-14(9-18-21)23(24)25/h5-10,13H,4,11H2,1-3H3. The number of benzene rings is 1. The number of nitrogens with zero attached hydrogens (tertiary/aromatic N) is 6. The van der Waals surface area contributed by atoms with Crippen molar-refractivity contribution in [1.82, 2.24) is 24.5 Å². The van der Waals surface area contributed by atoms with E-state index in [1.165, 1.54) is 28.8 Å². The Morgan fingerprint density at radius 3 is 2.85 bits per heavy atom. The normalized spacial score (nSPS) is 12.1. The summed E-state index contributed by atoms with van der Waals surface area (Å²) in [6, 6.07) is 7.85. The van der Waals surface area contributed by atoms with Gasteiger partial charge in [0.05, 0.1) is 10.8 Å². The van der Waals surface area contributed by atoms with Crippen molar-refractivity contribution in [2.45, 2.75) is 44.5 Å². The molecule has 0 aliphatic heterocycles. The summed E-state index contributed by atoms with van der Waals surface area (Å²) in [7, 11) is 0. The number of ether oxygens (including phenoxy) is 1. The van der Waals surface area contributed by atoms with Gasteiger partial charge in [-0.05, 0) is 38.5 Å². The van der Waals surface area contributed by atoms with Crippen LogP contribution >= 0.6 is 11.8 Å². The molecule has 27 heavy (non-hydrogen) atoms. The molecule has 0 radical (unpaired) electrons. The van der Waals surface area contributed by atoms with Gasteiger partial charge in [-0.2, -0.15) is 5.10 Å². The fourth-order valence-corrected chi connectivity index (χ4v) is 3.46. The molecule has 1 atom stereocenters. The highest BCUT2D eigenvalue weighted by atomic mass is 32.2. The first kappa shape index (κ1) is 18.9. The van der Waals surface area contributed by atoms with Crippen molar-refractivity contribution in [2.24, 2.45) is 0 Å². The van der Waals surface area contributed by atoms with Crippen LogP contribution in [0.25, 0.3) is 0 Å².